The maximum atomic E-state index is 13.7. The van der Waals surface area contributed by atoms with Crippen LogP contribution in [0.2, 0.25) is 0 Å². The summed E-state index contributed by atoms with van der Waals surface area (Å²) in [6, 6.07) is 21.7. The molecule has 0 unspecified atom stereocenters. The number of hydrogen-bond donors (Lipinski definition) is 1. The molecule has 0 aromatic heterocycles. The molecule has 2 amide bonds. The van der Waals surface area contributed by atoms with Crippen LogP contribution in [0.3, 0.4) is 0 Å². The lowest BCUT2D eigenvalue weighted by molar-refractivity contribution is -0.120. The maximum absolute atomic E-state index is 13.7. The molecule has 0 aliphatic carbocycles. The fourth-order valence-corrected chi connectivity index (χ4v) is 4.38. The Morgan fingerprint density at radius 1 is 0.794 bits per heavy atom. The number of unbranched alkanes of at least 4 members (excludes halogenated alkanes) is 1. The number of imide groups is 1. The number of hydrogen-bond acceptors (Lipinski definition) is 3. The number of carbonyl (C=O) groups is 2. The Kier molecular flexibility index (Phi) is 6.97. The van der Waals surface area contributed by atoms with Gasteiger partial charge in [-0.1, -0.05) is 68.3 Å². The third-order valence-electron chi connectivity index (χ3n) is 6.38. The molecule has 0 bridgehead atoms. The van der Waals surface area contributed by atoms with Crippen LogP contribution in [0.4, 0.5) is 11.4 Å². The second kappa shape index (κ2) is 10.1. The van der Waals surface area contributed by atoms with E-state index in [1.807, 2.05) is 80.6 Å². The van der Waals surface area contributed by atoms with Crippen LogP contribution < -0.4 is 10.2 Å². The van der Waals surface area contributed by atoms with Crippen molar-refractivity contribution in [2.24, 2.45) is 0 Å². The molecular weight excluding hydrogens is 420 g/mol. The average molecular weight is 453 g/mol. The van der Waals surface area contributed by atoms with Crippen LogP contribution in [0.1, 0.15) is 54.5 Å². The molecule has 174 valence electrons. The van der Waals surface area contributed by atoms with Gasteiger partial charge in [-0.05, 0) is 79.6 Å². The summed E-state index contributed by atoms with van der Waals surface area (Å²) in [5.41, 5.74) is 7.39. The highest BCUT2D eigenvalue weighted by atomic mass is 16.2. The minimum atomic E-state index is -0.333. The highest BCUT2D eigenvalue weighted by Gasteiger charge is 2.40. The van der Waals surface area contributed by atoms with E-state index in [1.54, 1.807) is 0 Å². The highest BCUT2D eigenvalue weighted by Crippen LogP contribution is 2.35. The second-order valence-corrected chi connectivity index (χ2v) is 8.96. The third-order valence-corrected chi connectivity index (χ3v) is 6.38. The van der Waals surface area contributed by atoms with E-state index in [9.17, 15) is 9.59 Å². The first-order valence-corrected chi connectivity index (χ1v) is 12.1. The van der Waals surface area contributed by atoms with Crippen molar-refractivity contribution in [3.8, 4) is 0 Å². The zero-order valence-corrected chi connectivity index (χ0v) is 20.4. The van der Waals surface area contributed by atoms with Gasteiger partial charge in [-0.3, -0.25) is 9.59 Å². The van der Waals surface area contributed by atoms with Crippen LogP contribution in [0.15, 0.2) is 72.4 Å². The minimum absolute atomic E-state index is 0.300. The van der Waals surface area contributed by atoms with E-state index in [4.69, 9.17) is 0 Å². The first-order valence-electron chi connectivity index (χ1n) is 12.1. The molecule has 0 saturated carbocycles. The summed E-state index contributed by atoms with van der Waals surface area (Å²) >= 11 is 0. The average Bonchev–Trinajstić information content (AvgIpc) is 3.08. The van der Waals surface area contributed by atoms with Crippen molar-refractivity contribution < 1.29 is 9.59 Å². The summed E-state index contributed by atoms with van der Waals surface area (Å²) in [5.74, 6) is -0.633. The Balaban J connectivity index is 1.75. The fourth-order valence-electron chi connectivity index (χ4n) is 4.38. The van der Waals surface area contributed by atoms with Gasteiger partial charge < -0.3 is 5.32 Å². The molecule has 1 heterocycles. The number of rotatable bonds is 8. The molecule has 0 saturated heterocycles. The number of aryl methyl sites for hydroxylation is 4. The monoisotopic (exact) mass is 452 g/mol. The topological polar surface area (TPSA) is 49.4 Å². The lowest BCUT2D eigenvalue weighted by Gasteiger charge is -2.16. The highest BCUT2D eigenvalue weighted by molar-refractivity contribution is 6.46. The Hall–Kier alpha value is -3.66. The van der Waals surface area contributed by atoms with Gasteiger partial charge in [0.2, 0.25) is 0 Å². The van der Waals surface area contributed by atoms with Crippen LogP contribution in [-0.2, 0) is 22.4 Å². The van der Waals surface area contributed by atoms with E-state index >= 15 is 0 Å². The Labute approximate surface area is 202 Å². The quantitative estimate of drug-likeness (QED) is 0.392. The molecule has 1 N–H and O–H groups in total. The van der Waals surface area contributed by atoms with E-state index in [0.29, 0.717) is 17.0 Å². The van der Waals surface area contributed by atoms with Gasteiger partial charge >= 0.3 is 0 Å². The van der Waals surface area contributed by atoms with E-state index in [-0.39, 0.29) is 11.8 Å². The van der Waals surface area contributed by atoms with Crippen molar-refractivity contribution in [3.05, 3.63) is 100 Å². The Morgan fingerprint density at radius 3 is 2.09 bits per heavy atom. The molecule has 0 fully saturated rings. The predicted octanol–water partition coefficient (Wildman–Crippen LogP) is 6.61. The summed E-state index contributed by atoms with van der Waals surface area (Å²) in [7, 11) is 0. The SMILES string of the molecule is CCCCc1ccc(N2C(=O)C(Nc3ccc(CC)cc3)=C(c3ccc(C)cc3C)C2=O)cc1. The zero-order valence-electron chi connectivity index (χ0n) is 20.4. The molecule has 0 radical (unpaired) electrons. The summed E-state index contributed by atoms with van der Waals surface area (Å²) in [5, 5.41) is 3.27. The maximum Gasteiger partial charge on any atom is 0.282 e. The largest absolute Gasteiger partial charge is 0.350 e. The molecular formula is C30H32N2O2. The molecule has 1 aliphatic heterocycles. The Morgan fingerprint density at radius 2 is 1.47 bits per heavy atom. The van der Waals surface area contributed by atoms with E-state index in [2.05, 4.69) is 19.2 Å². The predicted molar refractivity (Wildman–Crippen MR) is 140 cm³/mol. The fraction of sp³-hybridized carbons (Fsp3) is 0.267. The van der Waals surface area contributed by atoms with Gasteiger partial charge in [-0.15, -0.1) is 0 Å². The molecule has 3 aromatic carbocycles. The van der Waals surface area contributed by atoms with Crippen molar-refractivity contribution in [1.82, 2.24) is 0 Å². The summed E-state index contributed by atoms with van der Waals surface area (Å²) in [4.78, 5) is 28.7. The molecule has 34 heavy (non-hydrogen) atoms. The molecule has 0 atom stereocenters. The van der Waals surface area contributed by atoms with E-state index in [0.717, 1.165) is 48.1 Å². The summed E-state index contributed by atoms with van der Waals surface area (Å²) < 4.78 is 0. The van der Waals surface area contributed by atoms with Crippen molar-refractivity contribution in [3.63, 3.8) is 0 Å². The summed E-state index contributed by atoms with van der Waals surface area (Å²) in [6.07, 6.45) is 4.17. The van der Waals surface area contributed by atoms with Crippen LogP contribution in [-0.4, -0.2) is 11.8 Å². The second-order valence-electron chi connectivity index (χ2n) is 8.96. The Bertz CT molecular complexity index is 1240. The van der Waals surface area contributed by atoms with E-state index < -0.39 is 0 Å². The molecule has 4 heteroatoms. The number of nitrogens with one attached hydrogen (secondary N) is 1. The standard InChI is InChI=1S/C30H32N2O2/c1-5-7-8-23-12-16-25(17-13-23)32-29(33)27(26-18-9-20(3)19-21(26)4)28(30(32)34)31-24-14-10-22(6-2)11-15-24/h9-19,31H,5-8H2,1-4H3. The van der Waals surface area contributed by atoms with Gasteiger partial charge in [-0.2, -0.15) is 0 Å². The van der Waals surface area contributed by atoms with Gasteiger partial charge in [0.1, 0.15) is 5.70 Å². The van der Waals surface area contributed by atoms with Crippen molar-refractivity contribution in [2.45, 2.75) is 53.4 Å². The lowest BCUT2D eigenvalue weighted by atomic mass is 9.97. The van der Waals surface area contributed by atoms with Gasteiger partial charge in [0, 0.05) is 5.69 Å². The van der Waals surface area contributed by atoms with Gasteiger partial charge in [-0.25, -0.2) is 4.90 Å². The zero-order chi connectivity index (χ0) is 24.2. The normalized spacial score (nSPS) is 13.7. The minimum Gasteiger partial charge on any atom is -0.350 e. The van der Waals surface area contributed by atoms with Crippen LogP contribution in [0.5, 0.6) is 0 Å². The molecule has 4 nitrogen and oxygen atoms in total. The van der Waals surface area contributed by atoms with Crippen molar-refractivity contribution in [2.75, 3.05) is 10.2 Å². The smallest absolute Gasteiger partial charge is 0.282 e. The molecule has 3 aromatic rings. The van der Waals surface area contributed by atoms with Gasteiger partial charge in [0.05, 0.1) is 11.3 Å². The van der Waals surface area contributed by atoms with E-state index in [1.165, 1.54) is 16.0 Å². The lowest BCUT2D eigenvalue weighted by Crippen LogP contribution is -2.32. The first kappa shape index (κ1) is 23.5. The summed E-state index contributed by atoms with van der Waals surface area (Å²) in [6.45, 7) is 8.27. The van der Waals surface area contributed by atoms with Gasteiger partial charge in [0.25, 0.3) is 11.8 Å². The van der Waals surface area contributed by atoms with Gasteiger partial charge in [0.15, 0.2) is 0 Å². The molecule has 4 rings (SSSR count). The number of anilines is 2. The van der Waals surface area contributed by atoms with Crippen LogP contribution >= 0.6 is 0 Å². The number of nitrogens with zero attached hydrogens (tertiary/aromatic N) is 1. The number of benzene rings is 3. The van der Waals surface area contributed by atoms with Crippen molar-refractivity contribution in [1.29, 1.82) is 0 Å². The van der Waals surface area contributed by atoms with Crippen LogP contribution in [0.25, 0.3) is 5.57 Å². The van der Waals surface area contributed by atoms with Crippen LogP contribution in [0, 0.1) is 13.8 Å². The number of amides is 2. The first-order chi connectivity index (χ1) is 16.4. The molecule has 1 aliphatic rings. The third kappa shape index (κ3) is 4.67. The molecule has 0 spiro atoms. The number of carbonyl (C=O) groups excluding carboxylic acids is 2. The van der Waals surface area contributed by atoms with Crippen molar-refractivity contribution >= 4 is 28.8 Å².